The molecule has 0 amide bonds. The Morgan fingerprint density at radius 1 is 1.44 bits per heavy atom. The Hall–Kier alpha value is -0.780. The molecule has 3 nitrogen and oxygen atoms in total. The van der Waals surface area contributed by atoms with E-state index >= 15 is 0 Å². The van der Waals surface area contributed by atoms with Gasteiger partial charge in [0, 0.05) is 29.0 Å². The molecule has 5 heteroatoms. The molecule has 16 heavy (non-hydrogen) atoms. The predicted molar refractivity (Wildman–Crippen MR) is 68.9 cm³/mol. The Balaban J connectivity index is 1.87. The van der Waals surface area contributed by atoms with Crippen molar-refractivity contribution in [3.63, 3.8) is 0 Å². The zero-order valence-electron chi connectivity index (χ0n) is 9.43. The van der Waals surface area contributed by atoms with E-state index in [0.29, 0.717) is 6.04 Å². The van der Waals surface area contributed by atoms with E-state index in [-0.39, 0.29) is 0 Å². The fourth-order valence-corrected chi connectivity index (χ4v) is 2.79. The van der Waals surface area contributed by atoms with Crippen molar-refractivity contribution in [3.8, 4) is 0 Å². The van der Waals surface area contributed by atoms with Crippen molar-refractivity contribution in [3.05, 3.63) is 32.7 Å². The van der Waals surface area contributed by atoms with E-state index in [0.717, 1.165) is 18.7 Å². The van der Waals surface area contributed by atoms with E-state index in [4.69, 9.17) is 0 Å². The molecule has 0 bridgehead atoms. The topological polar surface area (TPSA) is 37.8 Å². The van der Waals surface area contributed by atoms with Gasteiger partial charge in [-0.1, -0.05) is 6.92 Å². The quantitative estimate of drug-likeness (QED) is 0.890. The molecule has 0 saturated carbocycles. The smallest absolute Gasteiger partial charge is 0.0926 e. The number of hydrogen-bond acceptors (Lipinski definition) is 5. The van der Waals surface area contributed by atoms with Crippen molar-refractivity contribution < 1.29 is 0 Å². The maximum atomic E-state index is 4.53. The van der Waals surface area contributed by atoms with Gasteiger partial charge in [-0.3, -0.25) is 4.98 Å². The SMILES string of the molecule is CCc1nc(CNC(C)c2cncs2)cs1. The molecule has 2 heterocycles. The van der Waals surface area contributed by atoms with Crippen molar-refractivity contribution in [2.45, 2.75) is 32.9 Å². The van der Waals surface area contributed by atoms with Crippen LogP contribution in [-0.4, -0.2) is 9.97 Å². The highest BCUT2D eigenvalue weighted by molar-refractivity contribution is 7.09. The number of aromatic nitrogens is 2. The van der Waals surface area contributed by atoms with E-state index in [1.807, 2.05) is 11.7 Å². The second-order valence-electron chi connectivity index (χ2n) is 3.59. The molecule has 0 spiro atoms. The van der Waals surface area contributed by atoms with Gasteiger partial charge in [0.05, 0.1) is 16.2 Å². The first-order valence-electron chi connectivity index (χ1n) is 5.34. The summed E-state index contributed by atoms with van der Waals surface area (Å²) >= 11 is 3.42. The van der Waals surface area contributed by atoms with Crippen LogP contribution in [0.2, 0.25) is 0 Å². The predicted octanol–water partition coefficient (Wildman–Crippen LogP) is 3.01. The lowest BCUT2D eigenvalue weighted by Gasteiger charge is -2.09. The molecule has 1 N–H and O–H groups in total. The fourth-order valence-electron chi connectivity index (χ4n) is 1.39. The van der Waals surface area contributed by atoms with Crippen LogP contribution in [0.4, 0.5) is 0 Å². The van der Waals surface area contributed by atoms with Crippen molar-refractivity contribution in [2.75, 3.05) is 0 Å². The van der Waals surface area contributed by atoms with Crippen LogP contribution in [0.15, 0.2) is 17.1 Å². The van der Waals surface area contributed by atoms with Crippen molar-refractivity contribution >= 4 is 22.7 Å². The van der Waals surface area contributed by atoms with Crippen LogP contribution in [0.3, 0.4) is 0 Å². The number of rotatable bonds is 5. The molecule has 2 rings (SSSR count). The van der Waals surface area contributed by atoms with E-state index in [1.165, 1.54) is 9.88 Å². The lowest BCUT2D eigenvalue weighted by molar-refractivity contribution is 0.575. The Morgan fingerprint density at radius 3 is 2.94 bits per heavy atom. The third kappa shape index (κ3) is 2.87. The van der Waals surface area contributed by atoms with Gasteiger partial charge in [-0.05, 0) is 13.3 Å². The number of nitrogens with one attached hydrogen (secondary N) is 1. The summed E-state index contributed by atoms with van der Waals surface area (Å²) in [5.74, 6) is 0. The Morgan fingerprint density at radius 2 is 2.31 bits per heavy atom. The van der Waals surface area contributed by atoms with Gasteiger partial charge in [0.25, 0.3) is 0 Å². The van der Waals surface area contributed by atoms with Gasteiger partial charge in [-0.25, -0.2) is 4.98 Å². The zero-order valence-corrected chi connectivity index (χ0v) is 11.1. The van der Waals surface area contributed by atoms with Crippen LogP contribution in [0, 0.1) is 0 Å². The average Bonchev–Trinajstić information content (AvgIpc) is 2.96. The number of hydrogen-bond donors (Lipinski definition) is 1. The molecule has 1 atom stereocenters. The maximum absolute atomic E-state index is 4.53. The van der Waals surface area contributed by atoms with E-state index < -0.39 is 0 Å². The summed E-state index contributed by atoms with van der Waals surface area (Å²) in [5, 5.41) is 6.79. The fraction of sp³-hybridized carbons (Fsp3) is 0.455. The van der Waals surface area contributed by atoms with Crippen LogP contribution in [0.1, 0.15) is 35.5 Å². The third-order valence-corrected chi connectivity index (χ3v) is 4.37. The van der Waals surface area contributed by atoms with Gasteiger partial charge in [0.2, 0.25) is 0 Å². The van der Waals surface area contributed by atoms with Crippen molar-refractivity contribution in [1.82, 2.24) is 15.3 Å². The summed E-state index contributed by atoms with van der Waals surface area (Å²) in [4.78, 5) is 9.88. The highest BCUT2D eigenvalue weighted by atomic mass is 32.1. The molecule has 0 radical (unpaired) electrons. The van der Waals surface area contributed by atoms with Gasteiger partial charge in [-0.2, -0.15) is 0 Å². The minimum atomic E-state index is 0.347. The molecule has 0 aliphatic carbocycles. The Kier molecular flexibility index (Phi) is 4.04. The highest BCUT2D eigenvalue weighted by Gasteiger charge is 2.07. The number of thiazole rings is 2. The van der Waals surface area contributed by atoms with Crippen molar-refractivity contribution in [2.24, 2.45) is 0 Å². The van der Waals surface area contributed by atoms with Crippen LogP contribution < -0.4 is 5.32 Å². The average molecular weight is 253 g/mol. The summed E-state index contributed by atoms with van der Waals surface area (Å²) in [5.41, 5.74) is 3.00. The molecular formula is C11H15N3S2. The van der Waals surface area contributed by atoms with Crippen LogP contribution in [0.5, 0.6) is 0 Å². The molecule has 2 aromatic rings. The van der Waals surface area contributed by atoms with Crippen molar-refractivity contribution in [1.29, 1.82) is 0 Å². The van der Waals surface area contributed by atoms with Crippen LogP contribution in [-0.2, 0) is 13.0 Å². The largest absolute Gasteiger partial charge is 0.304 e. The summed E-state index contributed by atoms with van der Waals surface area (Å²) in [6, 6.07) is 0.347. The first-order chi connectivity index (χ1) is 7.79. The molecule has 0 aliphatic heterocycles. The summed E-state index contributed by atoms with van der Waals surface area (Å²) in [7, 11) is 0. The minimum Gasteiger partial charge on any atom is -0.304 e. The van der Waals surface area contributed by atoms with E-state index in [2.05, 4.69) is 34.5 Å². The number of nitrogens with zero attached hydrogens (tertiary/aromatic N) is 2. The molecule has 0 aromatic carbocycles. The van der Waals surface area contributed by atoms with Crippen LogP contribution in [0.25, 0.3) is 0 Å². The first kappa shape index (κ1) is 11.7. The third-order valence-electron chi connectivity index (χ3n) is 2.37. The molecular weight excluding hydrogens is 238 g/mol. The molecule has 0 aliphatic rings. The molecule has 86 valence electrons. The highest BCUT2D eigenvalue weighted by Crippen LogP contribution is 2.17. The lowest BCUT2D eigenvalue weighted by Crippen LogP contribution is -2.17. The summed E-state index contributed by atoms with van der Waals surface area (Å²) in [6.07, 6.45) is 2.94. The lowest BCUT2D eigenvalue weighted by atomic mass is 10.3. The van der Waals surface area contributed by atoms with E-state index in [9.17, 15) is 0 Å². The standard InChI is InChI=1S/C11H15N3S2/c1-3-11-14-9(6-15-11)4-13-8(2)10-5-12-7-16-10/h5-8,13H,3-4H2,1-2H3. The monoisotopic (exact) mass is 253 g/mol. The first-order valence-corrected chi connectivity index (χ1v) is 7.10. The second kappa shape index (κ2) is 5.52. The Bertz CT molecular complexity index is 422. The minimum absolute atomic E-state index is 0.347. The second-order valence-corrected chi connectivity index (χ2v) is 5.45. The molecule has 1 unspecified atom stereocenters. The normalized spacial score (nSPS) is 12.9. The summed E-state index contributed by atoms with van der Waals surface area (Å²) < 4.78 is 0. The summed E-state index contributed by atoms with van der Waals surface area (Å²) in [6.45, 7) is 5.12. The molecule has 0 saturated heterocycles. The van der Waals surface area contributed by atoms with E-state index in [1.54, 1.807) is 22.7 Å². The van der Waals surface area contributed by atoms with Gasteiger partial charge < -0.3 is 5.32 Å². The van der Waals surface area contributed by atoms with Gasteiger partial charge in [-0.15, -0.1) is 22.7 Å². The molecule has 0 fully saturated rings. The van der Waals surface area contributed by atoms with Gasteiger partial charge in [0.15, 0.2) is 0 Å². The number of aryl methyl sites for hydroxylation is 1. The zero-order chi connectivity index (χ0) is 11.4. The molecule has 2 aromatic heterocycles. The Labute approximate surface area is 104 Å². The van der Waals surface area contributed by atoms with Gasteiger partial charge in [0.1, 0.15) is 0 Å². The van der Waals surface area contributed by atoms with Crippen LogP contribution >= 0.6 is 22.7 Å². The maximum Gasteiger partial charge on any atom is 0.0926 e. The van der Waals surface area contributed by atoms with Gasteiger partial charge >= 0.3 is 0 Å².